The van der Waals surface area contributed by atoms with Crippen molar-refractivity contribution >= 4 is 40.7 Å². The van der Waals surface area contributed by atoms with Crippen molar-refractivity contribution in [3.63, 3.8) is 0 Å². The van der Waals surface area contributed by atoms with Crippen molar-refractivity contribution in [2.24, 2.45) is 5.41 Å². The van der Waals surface area contributed by atoms with Crippen molar-refractivity contribution in [1.82, 2.24) is 15.3 Å². The quantitative estimate of drug-likeness (QED) is 0.444. The van der Waals surface area contributed by atoms with Crippen molar-refractivity contribution in [2.75, 3.05) is 17.2 Å². The predicted octanol–water partition coefficient (Wildman–Crippen LogP) is 4.34. The van der Waals surface area contributed by atoms with Gasteiger partial charge >= 0.3 is 0 Å². The monoisotopic (exact) mass is 453 g/mol. The maximum Gasteiger partial charge on any atom is 0.276 e. The predicted molar refractivity (Wildman–Crippen MR) is 124 cm³/mol. The molecule has 32 heavy (non-hydrogen) atoms. The zero-order valence-corrected chi connectivity index (χ0v) is 18.7. The molecule has 166 valence electrons. The van der Waals surface area contributed by atoms with E-state index in [-0.39, 0.29) is 22.7 Å². The van der Waals surface area contributed by atoms with Crippen LogP contribution >= 0.6 is 11.6 Å². The summed E-state index contributed by atoms with van der Waals surface area (Å²) in [5.74, 6) is -1.27. The number of amides is 3. The Hall–Kier alpha value is -3.65. The van der Waals surface area contributed by atoms with Crippen molar-refractivity contribution < 1.29 is 14.4 Å². The van der Waals surface area contributed by atoms with E-state index in [1.165, 1.54) is 6.33 Å². The first-order chi connectivity index (χ1) is 15.1. The number of nitrogens with zero attached hydrogens (tertiary/aromatic N) is 1. The van der Waals surface area contributed by atoms with Gasteiger partial charge in [0.2, 0.25) is 0 Å². The minimum absolute atomic E-state index is 0.00694. The maximum absolute atomic E-state index is 12.6. The lowest BCUT2D eigenvalue weighted by atomic mass is 9.97. The van der Waals surface area contributed by atoms with Gasteiger partial charge in [-0.2, -0.15) is 0 Å². The van der Waals surface area contributed by atoms with Gasteiger partial charge in [0.25, 0.3) is 17.7 Å². The number of aromatic amines is 1. The van der Waals surface area contributed by atoms with Crippen LogP contribution in [0, 0.1) is 5.41 Å². The fraction of sp³-hybridized carbons (Fsp3) is 0.217. The van der Waals surface area contributed by atoms with E-state index in [2.05, 4.69) is 25.9 Å². The number of aromatic nitrogens is 2. The van der Waals surface area contributed by atoms with Gasteiger partial charge in [-0.3, -0.25) is 14.4 Å². The number of rotatable bonds is 6. The molecule has 3 aromatic rings. The van der Waals surface area contributed by atoms with E-state index in [4.69, 9.17) is 11.6 Å². The molecule has 0 saturated heterocycles. The van der Waals surface area contributed by atoms with Crippen LogP contribution in [0.3, 0.4) is 0 Å². The summed E-state index contributed by atoms with van der Waals surface area (Å²) in [7, 11) is 0. The molecule has 3 rings (SSSR count). The zero-order valence-electron chi connectivity index (χ0n) is 18.0. The molecule has 0 saturated carbocycles. The Labute approximate surface area is 190 Å². The topological polar surface area (TPSA) is 116 Å². The van der Waals surface area contributed by atoms with Crippen molar-refractivity contribution in [1.29, 1.82) is 0 Å². The largest absolute Gasteiger partial charge is 0.350 e. The number of carbonyl (C=O) groups excluding carboxylic acids is 3. The van der Waals surface area contributed by atoms with E-state index >= 15 is 0 Å². The van der Waals surface area contributed by atoms with Gasteiger partial charge in [-0.25, -0.2) is 4.98 Å². The molecule has 2 aromatic carbocycles. The normalized spacial score (nSPS) is 11.0. The van der Waals surface area contributed by atoms with Gasteiger partial charge in [0.05, 0.1) is 16.9 Å². The summed E-state index contributed by atoms with van der Waals surface area (Å²) in [6, 6.07) is 13.3. The highest BCUT2D eigenvalue weighted by atomic mass is 35.5. The van der Waals surface area contributed by atoms with Crippen LogP contribution in [0.5, 0.6) is 0 Å². The minimum Gasteiger partial charge on any atom is -0.350 e. The molecule has 0 aliphatic rings. The molecule has 8 nitrogen and oxygen atoms in total. The van der Waals surface area contributed by atoms with Crippen LogP contribution in [0.2, 0.25) is 5.02 Å². The minimum atomic E-state index is -0.528. The molecule has 1 aromatic heterocycles. The van der Waals surface area contributed by atoms with E-state index in [1.807, 2.05) is 20.8 Å². The molecular weight excluding hydrogens is 430 g/mol. The fourth-order valence-corrected chi connectivity index (χ4v) is 2.97. The van der Waals surface area contributed by atoms with Gasteiger partial charge in [-0.15, -0.1) is 0 Å². The lowest BCUT2D eigenvalue weighted by Gasteiger charge is -2.18. The van der Waals surface area contributed by atoms with Crippen molar-refractivity contribution in [2.45, 2.75) is 20.8 Å². The lowest BCUT2D eigenvalue weighted by Crippen LogP contribution is -2.33. The van der Waals surface area contributed by atoms with Crippen LogP contribution in [0.4, 0.5) is 11.4 Å². The molecule has 1 heterocycles. The standard InChI is InChI=1S/C23H24ClN5O3/c1-23(2,3)12-25-21(31)18-19(27-13-26-18)22(32)29-15-10-8-14(9-11-15)28-20(30)16-6-4-5-7-17(16)24/h4-11,13H,12H2,1-3H3,(H,25,31)(H,26,27)(H,28,30)(H,29,32). The molecule has 0 fully saturated rings. The number of hydrogen-bond acceptors (Lipinski definition) is 4. The SMILES string of the molecule is CC(C)(C)CNC(=O)c1[nH]cnc1C(=O)Nc1ccc(NC(=O)c2ccccc2Cl)cc1. The highest BCUT2D eigenvalue weighted by Crippen LogP contribution is 2.19. The molecule has 3 amide bonds. The summed E-state index contributed by atoms with van der Waals surface area (Å²) in [6.07, 6.45) is 1.30. The summed E-state index contributed by atoms with van der Waals surface area (Å²) in [4.78, 5) is 44.1. The maximum atomic E-state index is 12.6. The number of hydrogen-bond donors (Lipinski definition) is 4. The van der Waals surface area contributed by atoms with Gasteiger partial charge in [0.15, 0.2) is 5.69 Å². The van der Waals surface area contributed by atoms with Gasteiger partial charge in [-0.05, 0) is 41.8 Å². The van der Waals surface area contributed by atoms with Gasteiger partial charge in [-0.1, -0.05) is 44.5 Å². The highest BCUT2D eigenvalue weighted by molar-refractivity contribution is 6.34. The molecule has 0 radical (unpaired) electrons. The second-order valence-corrected chi connectivity index (χ2v) is 8.74. The summed E-state index contributed by atoms with van der Waals surface area (Å²) >= 11 is 6.05. The summed E-state index contributed by atoms with van der Waals surface area (Å²) in [5, 5.41) is 8.59. The van der Waals surface area contributed by atoms with Crippen LogP contribution in [0.25, 0.3) is 0 Å². The Morgan fingerprint density at radius 1 is 0.906 bits per heavy atom. The van der Waals surface area contributed by atoms with E-state index in [1.54, 1.807) is 48.5 Å². The second kappa shape index (κ2) is 9.65. The molecule has 0 atom stereocenters. The molecular formula is C23H24ClN5O3. The van der Waals surface area contributed by atoms with Gasteiger partial charge < -0.3 is 20.9 Å². The Kier molecular flexibility index (Phi) is 6.95. The fourth-order valence-electron chi connectivity index (χ4n) is 2.74. The first-order valence-electron chi connectivity index (χ1n) is 9.93. The third-order valence-corrected chi connectivity index (χ3v) is 4.71. The summed E-state index contributed by atoms with van der Waals surface area (Å²) in [6.45, 7) is 6.43. The third kappa shape index (κ3) is 5.95. The third-order valence-electron chi connectivity index (χ3n) is 4.38. The van der Waals surface area contributed by atoms with Crippen LogP contribution < -0.4 is 16.0 Å². The van der Waals surface area contributed by atoms with Crippen molar-refractivity contribution in [3.05, 3.63) is 76.8 Å². The second-order valence-electron chi connectivity index (χ2n) is 8.33. The van der Waals surface area contributed by atoms with Crippen LogP contribution in [-0.4, -0.2) is 34.2 Å². The number of nitrogens with one attached hydrogen (secondary N) is 4. The van der Waals surface area contributed by atoms with Crippen molar-refractivity contribution in [3.8, 4) is 0 Å². The first-order valence-corrected chi connectivity index (χ1v) is 10.3. The number of H-pyrrole nitrogens is 1. The van der Waals surface area contributed by atoms with Crippen LogP contribution in [-0.2, 0) is 0 Å². The molecule has 9 heteroatoms. The lowest BCUT2D eigenvalue weighted by molar-refractivity contribution is 0.0923. The number of anilines is 2. The number of imidazole rings is 1. The number of carbonyl (C=O) groups is 3. The van der Waals surface area contributed by atoms with E-state index in [0.717, 1.165) is 0 Å². The molecule has 0 aliphatic carbocycles. The zero-order chi connectivity index (χ0) is 23.3. The Morgan fingerprint density at radius 3 is 2.09 bits per heavy atom. The first kappa shape index (κ1) is 23.0. The number of halogens is 1. The highest BCUT2D eigenvalue weighted by Gasteiger charge is 2.22. The molecule has 4 N–H and O–H groups in total. The average molecular weight is 454 g/mol. The molecule has 0 aliphatic heterocycles. The molecule has 0 unspecified atom stereocenters. The number of benzene rings is 2. The Balaban J connectivity index is 1.63. The summed E-state index contributed by atoms with van der Waals surface area (Å²) < 4.78 is 0. The van der Waals surface area contributed by atoms with Crippen LogP contribution in [0.1, 0.15) is 52.1 Å². The van der Waals surface area contributed by atoms with Gasteiger partial charge in [0, 0.05) is 17.9 Å². The van der Waals surface area contributed by atoms with Crippen LogP contribution in [0.15, 0.2) is 54.9 Å². The molecule has 0 spiro atoms. The smallest absolute Gasteiger partial charge is 0.276 e. The van der Waals surface area contributed by atoms with Gasteiger partial charge in [0.1, 0.15) is 5.69 Å². The van der Waals surface area contributed by atoms with E-state index in [0.29, 0.717) is 28.5 Å². The Morgan fingerprint density at radius 2 is 1.50 bits per heavy atom. The van der Waals surface area contributed by atoms with E-state index < -0.39 is 11.8 Å². The average Bonchev–Trinajstić information content (AvgIpc) is 3.23. The summed E-state index contributed by atoms with van der Waals surface area (Å²) in [5.41, 5.74) is 1.37. The Bertz CT molecular complexity index is 1130. The molecule has 0 bridgehead atoms. The van der Waals surface area contributed by atoms with E-state index in [9.17, 15) is 14.4 Å².